The van der Waals surface area contributed by atoms with Gasteiger partial charge in [0.1, 0.15) is 18.2 Å². The van der Waals surface area contributed by atoms with Gasteiger partial charge in [-0.05, 0) is 43.0 Å². The number of hydrogen-bond acceptors (Lipinski definition) is 5. The summed E-state index contributed by atoms with van der Waals surface area (Å²) >= 11 is 13.9. The topological polar surface area (TPSA) is 61.3 Å². The molecule has 4 aromatic rings. The van der Waals surface area contributed by atoms with Gasteiger partial charge in [-0.25, -0.2) is 9.37 Å². The Morgan fingerprint density at radius 1 is 1.29 bits per heavy atom. The molecule has 28 heavy (non-hydrogen) atoms. The van der Waals surface area contributed by atoms with Crippen LogP contribution >= 0.6 is 34.5 Å². The first-order valence-electron chi connectivity index (χ1n) is 8.38. The van der Waals surface area contributed by atoms with Gasteiger partial charge in [0.25, 0.3) is 0 Å². The number of thiophene rings is 1. The van der Waals surface area contributed by atoms with Gasteiger partial charge in [0, 0.05) is 27.2 Å². The maximum absolute atomic E-state index is 13.9. The lowest BCUT2D eigenvalue weighted by atomic mass is 10.1. The second kappa shape index (κ2) is 7.28. The number of rotatable bonds is 4. The molecular formula is C20H15Cl2FN2O2S. The number of nitrogens with zero attached hydrogens (tertiary/aromatic N) is 1. The van der Waals surface area contributed by atoms with Crippen molar-refractivity contribution < 1.29 is 13.5 Å². The summed E-state index contributed by atoms with van der Waals surface area (Å²) in [7, 11) is 0. The summed E-state index contributed by atoms with van der Waals surface area (Å²) in [6, 6.07) is 4.68. The van der Waals surface area contributed by atoms with Crippen molar-refractivity contribution in [3.8, 4) is 16.2 Å². The highest BCUT2D eigenvalue weighted by molar-refractivity contribution is 7.13. The Labute approximate surface area is 174 Å². The van der Waals surface area contributed by atoms with E-state index in [0.717, 1.165) is 21.4 Å². The lowest BCUT2D eigenvalue weighted by molar-refractivity contribution is 0.227. The van der Waals surface area contributed by atoms with Gasteiger partial charge in [0.15, 0.2) is 11.4 Å². The SMILES string of the molecule is Cc1ccsc1-c1coc2c(O[C@H](C)c3c(Cl)ccc(F)c3Cl)c(N)ncc12. The molecule has 1 aromatic carbocycles. The van der Waals surface area contributed by atoms with Crippen LogP contribution in [0.15, 0.2) is 40.5 Å². The molecule has 3 aromatic heterocycles. The first-order chi connectivity index (χ1) is 13.4. The molecule has 2 N–H and O–H groups in total. The molecule has 0 radical (unpaired) electrons. The first kappa shape index (κ1) is 19.1. The third kappa shape index (κ3) is 3.11. The van der Waals surface area contributed by atoms with Crippen LogP contribution in [0.4, 0.5) is 10.2 Å². The zero-order valence-electron chi connectivity index (χ0n) is 14.9. The summed E-state index contributed by atoms with van der Waals surface area (Å²) in [6.07, 6.45) is 2.63. The van der Waals surface area contributed by atoms with Crippen molar-refractivity contribution in [2.24, 2.45) is 0 Å². The zero-order chi connectivity index (χ0) is 20.0. The number of anilines is 1. The van der Waals surface area contributed by atoms with Crippen molar-refractivity contribution in [2.75, 3.05) is 5.73 Å². The average molecular weight is 437 g/mol. The third-order valence-corrected chi connectivity index (χ3v) is 6.25. The summed E-state index contributed by atoms with van der Waals surface area (Å²) in [6.45, 7) is 3.74. The van der Waals surface area contributed by atoms with Crippen molar-refractivity contribution in [1.82, 2.24) is 4.98 Å². The lowest BCUT2D eigenvalue weighted by Crippen LogP contribution is -2.08. The molecule has 0 aliphatic heterocycles. The molecule has 0 amide bonds. The van der Waals surface area contributed by atoms with Gasteiger partial charge in [-0.2, -0.15) is 0 Å². The fourth-order valence-electron chi connectivity index (χ4n) is 3.07. The van der Waals surface area contributed by atoms with Crippen LogP contribution < -0.4 is 10.5 Å². The van der Waals surface area contributed by atoms with Crippen LogP contribution in [-0.2, 0) is 0 Å². The maximum atomic E-state index is 13.9. The maximum Gasteiger partial charge on any atom is 0.205 e. The number of benzene rings is 1. The van der Waals surface area contributed by atoms with E-state index in [1.54, 1.807) is 30.7 Å². The molecule has 0 aliphatic carbocycles. The number of fused-ring (bicyclic) bond motifs is 1. The molecule has 3 heterocycles. The van der Waals surface area contributed by atoms with E-state index >= 15 is 0 Å². The molecule has 8 heteroatoms. The molecule has 0 fully saturated rings. The predicted molar refractivity (Wildman–Crippen MR) is 112 cm³/mol. The van der Waals surface area contributed by atoms with Gasteiger partial charge in [0.2, 0.25) is 5.75 Å². The number of pyridine rings is 1. The number of furan rings is 1. The van der Waals surface area contributed by atoms with Crippen molar-refractivity contribution in [3.63, 3.8) is 0 Å². The number of aromatic nitrogens is 1. The minimum Gasteiger partial charge on any atom is -0.478 e. The van der Waals surface area contributed by atoms with Gasteiger partial charge >= 0.3 is 0 Å². The van der Waals surface area contributed by atoms with E-state index in [1.165, 1.54) is 12.1 Å². The second-order valence-corrected chi connectivity index (χ2v) is 8.02. The Kier molecular flexibility index (Phi) is 4.95. The number of nitrogens with two attached hydrogens (primary N) is 1. The van der Waals surface area contributed by atoms with Crippen molar-refractivity contribution >= 4 is 51.3 Å². The Morgan fingerprint density at radius 2 is 2.07 bits per heavy atom. The molecule has 144 valence electrons. The summed E-state index contributed by atoms with van der Waals surface area (Å²) in [5.74, 6) is -0.150. The number of ether oxygens (including phenoxy) is 1. The highest BCUT2D eigenvalue weighted by Crippen LogP contribution is 2.43. The highest BCUT2D eigenvalue weighted by atomic mass is 35.5. The van der Waals surface area contributed by atoms with E-state index in [2.05, 4.69) is 4.98 Å². The minimum atomic E-state index is -0.678. The largest absolute Gasteiger partial charge is 0.478 e. The van der Waals surface area contributed by atoms with Crippen molar-refractivity contribution in [3.05, 3.63) is 63.0 Å². The molecule has 1 atom stereocenters. The number of aryl methyl sites for hydroxylation is 1. The second-order valence-electron chi connectivity index (χ2n) is 6.31. The van der Waals surface area contributed by atoms with E-state index < -0.39 is 11.9 Å². The Bertz CT molecular complexity index is 1190. The fourth-order valence-corrected chi connectivity index (χ4v) is 4.69. The smallest absolute Gasteiger partial charge is 0.205 e. The summed E-state index contributed by atoms with van der Waals surface area (Å²) in [4.78, 5) is 5.33. The van der Waals surface area contributed by atoms with Crippen LogP contribution in [0.5, 0.6) is 5.75 Å². The van der Waals surface area contributed by atoms with Gasteiger partial charge in [0.05, 0.1) is 10.4 Å². The number of halogens is 3. The summed E-state index contributed by atoms with van der Waals surface area (Å²) < 4.78 is 25.7. The number of nitrogen functional groups attached to an aromatic ring is 1. The Balaban J connectivity index is 1.80. The molecule has 0 aliphatic rings. The van der Waals surface area contributed by atoms with Crippen LogP contribution in [0.3, 0.4) is 0 Å². The lowest BCUT2D eigenvalue weighted by Gasteiger charge is -2.18. The third-order valence-electron chi connectivity index (χ3n) is 4.49. The normalized spacial score (nSPS) is 12.5. The van der Waals surface area contributed by atoms with E-state index in [4.69, 9.17) is 38.1 Å². The van der Waals surface area contributed by atoms with Gasteiger partial charge in [-0.15, -0.1) is 11.3 Å². The quantitative estimate of drug-likeness (QED) is 0.348. The molecule has 4 rings (SSSR count). The van der Waals surface area contributed by atoms with E-state index in [1.807, 2.05) is 18.4 Å². The van der Waals surface area contributed by atoms with Gasteiger partial charge in [-0.1, -0.05) is 23.2 Å². The highest BCUT2D eigenvalue weighted by Gasteiger charge is 2.23. The van der Waals surface area contributed by atoms with Crippen LogP contribution in [-0.4, -0.2) is 4.98 Å². The van der Waals surface area contributed by atoms with E-state index in [9.17, 15) is 4.39 Å². The average Bonchev–Trinajstić information content (AvgIpc) is 3.26. The van der Waals surface area contributed by atoms with Gasteiger partial charge < -0.3 is 14.9 Å². The molecule has 4 nitrogen and oxygen atoms in total. The molecule has 0 unspecified atom stereocenters. The van der Waals surface area contributed by atoms with Crippen LogP contribution in [0.25, 0.3) is 21.4 Å². The summed E-state index contributed by atoms with van der Waals surface area (Å²) in [5.41, 5.74) is 8.89. The fraction of sp³-hybridized carbons (Fsp3) is 0.150. The van der Waals surface area contributed by atoms with E-state index in [-0.39, 0.29) is 16.6 Å². The standard InChI is InChI=1S/C20H15Cl2FN2O2S/c1-9-5-6-28-19(9)12-8-26-17-11(12)7-25-20(24)18(17)27-10(2)15-13(21)3-4-14(23)16(15)22/h3-8,10H,1-2H3,(H2,24,25)/t10-/m1/s1. The van der Waals surface area contributed by atoms with Crippen LogP contribution in [0.2, 0.25) is 10.0 Å². The van der Waals surface area contributed by atoms with Crippen LogP contribution in [0.1, 0.15) is 24.2 Å². The molecule has 0 saturated carbocycles. The minimum absolute atomic E-state index is 0.0898. The Hall–Kier alpha value is -2.28. The predicted octanol–water partition coefficient (Wildman–Crippen LogP) is 7.03. The Morgan fingerprint density at radius 3 is 2.79 bits per heavy atom. The number of hydrogen-bond donors (Lipinski definition) is 1. The van der Waals surface area contributed by atoms with Crippen LogP contribution in [0, 0.1) is 12.7 Å². The monoisotopic (exact) mass is 436 g/mol. The zero-order valence-corrected chi connectivity index (χ0v) is 17.3. The first-order valence-corrected chi connectivity index (χ1v) is 10.0. The van der Waals surface area contributed by atoms with E-state index in [0.29, 0.717) is 16.2 Å². The van der Waals surface area contributed by atoms with Crippen molar-refractivity contribution in [1.29, 1.82) is 0 Å². The summed E-state index contributed by atoms with van der Waals surface area (Å²) in [5, 5.41) is 3.00. The molecule has 0 spiro atoms. The van der Waals surface area contributed by atoms with Gasteiger partial charge in [-0.3, -0.25) is 0 Å². The van der Waals surface area contributed by atoms with Crippen molar-refractivity contribution in [2.45, 2.75) is 20.0 Å². The molecular weight excluding hydrogens is 422 g/mol. The molecule has 0 bridgehead atoms. The molecule has 0 saturated heterocycles.